The molecule has 3 nitrogen and oxygen atoms in total. The second-order valence-corrected chi connectivity index (χ2v) is 5.15. The third-order valence-electron chi connectivity index (χ3n) is 2.41. The fraction of sp³-hybridized carbons (Fsp3) is 0.900. The Morgan fingerprint density at radius 3 is 2.57 bits per heavy atom. The summed E-state index contributed by atoms with van der Waals surface area (Å²) in [5.41, 5.74) is 4.85. The summed E-state index contributed by atoms with van der Waals surface area (Å²) in [6, 6.07) is 0. The Morgan fingerprint density at radius 1 is 1.64 bits per heavy atom. The van der Waals surface area contributed by atoms with Gasteiger partial charge >= 0.3 is 0 Å². The Balaban J connectivity index is 4.31. The van der Waals surface area contributed by atoms with Crippen LogP contribution in [-0.2, 0) is 4.79 Å². The lowest BCUT2D eigenvalue weighted by Gasteiger charge is -2.29. The molecule has 0 spiro atoms. The van der Waals surface area contributed by atoms with Crippen LogP contribution in [0.1, 0.15) is 33.6 Å². The third-order valence-corrected chi connectivity index (χ3v) is 3.38. The first-order chi connectivity index (χ1) is 6.46. The van der Waals surface area contributed by atoms with Crippen LogP contribution in [0.15, 0.2) is 0 Å². The van der Waals surface area contributed by atoms with Crippen molar-refractivity contribution >= 4 is 17.7 Å². The summed E-state index contributed by atoms with van der Waals surface area (Å²) in [5, 5.41) is 3.66. The average Bonchev–Trinajstić information content (AvgIpc) is 2.14. The molecule has 0 radical (unpaired) electrons. The van der Waals surface area contributed by atoms with E-state index < -0.39 is 5.54 Å². The van der Waals surface area contributed by atoms with Crippen LogP contribution in [0.3, 0.4) is 0 Å². The van der Waals surface area contributed by atoms with Gasteiger partial charge in [0.15, 0.2) is 0 Å². The molecule has 1 amide bonds. The first-order valence-corrected chi connectivity index (χ1v) is 6.32. The molecule has 0 saturated heterocycles. The summed E-state index contributed by atoms with van der Waals surface area (Å²) in [6.45, 7) is 6.91. The molecule has 3 N–H and O–H groups in total. The Labute approximate surface area is 91.2 Å². The van der Waals surface area contributed by atoms with Gasteiger partial charge in [-0.1, -0.05) is 13.8 Å². The van der Waals surface area contributed by atoms with E-state index in [4.69, 9.17) is 5.73 Å². The topological polar surface area (TPSA) is 55.1 Å². The Kier molecular flexibility index (Phi) is 6.20. The fourth-order valence-corrected chi connectivity index (χ4v) is 1.82. The predicted octanol–water partition coefficient (Wildman–Crippen LogP) is 1.37. The number of carbonyl (C=O) groups is 1. The Bertz CT molecular complexity index is 187. The molecule has 0 aliphatic heterocycles. The lowest BCUT2D eigenvalue weighted by atomic mass is 9.95. The average molecular weight is 218 g/mol. The standard InChI is InChI=1S/C10H22N2OS/c1-5-6-12-10(3,9(11)13)7-8(2)14-4/h8,12H,5-7H2,1-4H3,(H2,11,13). The maximum Gasteiger partial charge on any atom is 0.237 e. The van der Waals surface area contributed by atoms with E-state index in [1.165, 1.54) is 0 Å². The minimum absolute atomic E-state index is 0.258. The van der Waals surface area contributed by atoms with E-state index in [0.717, 1.165) is 19.4 Å². The van der Waals surface area contributed by atoms with Crippen LogP contribution >= 0.6 is 11.8 Å². The summed E-state index contributed by atoms with van der Waals surface area (Å²) in [4.78, 5) is 11.3. The zero-order valence-corrected chi connectivity index (χ0v) is 10.4. The molecule has 0 rings (SSSR count). The maximum absolute atomic E-state index is 11.3. The second kappa shape index (κ2) is 6.30. The van der Waals surface area contributed by atoms with Crippen LogP contribution in [0.5, 0.6) is 0 Å². The van der Waals surface area contributed by atoms with Crippen LogP contribution in [0.4, 0.5) is 0 Å². The number of carbonyl (C=O) groups excluding carboxylic acids is 1. The number of thioether (sulfide) groups is 1. The molecule has 4 heteroatoms. The van der Waals surface area contributed by atoms with Crippen molar-refractivity contribution in [3.63, 3.8) is 0 Å². The molecule has 0 aromatic heterocycles. The van der Waals surface area contributed by atoms with Crippen LogP contribution in [0.2, 0.25) is 0 Å². The summed E-state index contributed by atoms with van der Waals surface area (Å²) >= 11 is 1.75. The molecule has 0 bridgehead atoms. The predicted molar refractivity (Wildman–Crippen MR) is 63.5 cm³/mol. The Morgan fingerprint density at radius 2 is 2.21 bits per heavy atom. The van der Waals surface area contributed by atoms with Crippen molar-refractivity contribution in [3.8, 4) is 0 Å². The van der Waals surface area contributed by atoms with Crippen LogP contribution in [0.25, 0.3) is 0 Å². The van der Waals surface area contributed by atoms with Crippen LogP contribution in [-0.4, -0.2) is 29.5 Å². The van der Waals surface area contributed by atoms with Crippen molar-refractivity contribution in [2.24, 2.45) is 5.73 Å². The number of hydrogen-bond donors (Lipinski definition) is 2. The van der Waals surface area contributed by atoms with Crippen molar-refractivity contribution in [2.45, 2.75) is 44.4 Å². The second-order valence-electron chi connectivity index (χ2n) is 3.87. The summed E-state index contributed by atoms with van der Waals surface area (Å²) in [7, 11) is 0. The molecule has 0 fully saturated rings. The summed E-state index contributed by atoms with van der Waals surface area (Å²) in [5.74, 6) is -0.258. The van der Waals surface area contributed by atoms with Crippen LogP contribution in [0, 0.1) is 0 Å². The van der Waals surface area contributed by atoms with Crippen molar-refractivity contribution in [1.29, 1.82) is 0 Å². The van der Waals surface area contributed by atoms with Gasteiger partial charge < -0.3 is 11.1 Å². The number of hydrogen-bond acceptors (Lipinski definition) is 3. The molecule has 0 aromatic carbocycles. The van der Waals surface area contributed by atoms with Gasteiger partial charge in [0.2, 0.25) is 5.91 Å². The highest BCUT2D eigenvalue weighted by Crippen LogP contribution is 2.19. The highest BCUT2D eigenvalue weighted by Gasteiger charge is 2.31. The van der Waals surface area contributed by atoms with Gasteiger partial charge in [-0.2, -0.15) is 11.8 Å². The number of nitrogens with two attached hydrogens (primary N) is 1. The fourth-order valence-electron chi connectivity index (χ4n) is 1.32. The summed E-state index contributed by atoms with van der Waals surface area (Å²) < 4.78 is 0. The minimum atomic E-state index is -0.557. The van der Waals surface area contributed by atoms with E-state index in [-0.39, 0.29) is 5.91 Å². The minimum Gasteiger partial charge on any atom is -0.368 e. The lowest BCUT2D eigenvalue weighted by Crippen LogP contribution is -2.54. The molecule has 0 saturated carbocycles. The quantitative estimate of drug-likeness (QED) is 0.678. The van der Waals surface area contributed by atoms with Crippen molar-refractivity contribution in [3.05, 3.63) is 0 Å². The molecule has 0 aliphatic carbocycles. The number of amides is 1. The highest BCUT2D eigenvalue weighted by molar-refractivity contribution is 7.99. The number of primary amides is 1. The van der Waals surface area contributed by atoms with E-state index in [0.29, 0.717) is 5.25 Å². The maximum atomic E-state index is 11.3. The SMILES string of the molecule is CCCNC(C)(CC(C)SC)C(N)=O. The molecular weight excluding hydrogens is 196 g/mol. The Hall–Kier alpha value is -0.220. The van der Waals surface area contributed by atoms with E-state index in [1.807, 2.05) is 13.2 Å². The third kappa shape index (κ3) is 4.33. The van der Waals surface area contributed by atoms with Gasteiger partial charge in [-0.15, -0.1) is 0 Å². The van der Waals surface area contributed by atoms with E-state index in [1.54, 1.807) is 11.8 Å². The molecule has 84 valence electrons. The molecule has 0 heterocycles. The first kappa shape index (κ1) is 13.8. The van der Waals surface area contributed by atoms with Crippen molar-refractivity contribution in [1.82, 2.24) is 5.32 Å². The van der Waals surface area contributed by atoms with Gasteiger partial charge in [-0.3, -0.25) is 4.79 Å². The zero-order valence-electron chi connectivity index (χ0n) is 9.59. The van der Waals surface area contributed by atoms with Gasteiger partial charge in [0.25, 0.3) is 0 Å². The normalized spacial score (nSPS) is 17.4. The number of rotatable bonds is 7. The molecule has 0 aromatic rings. The molecule has 0 aliphatic rings. The van der Waals surface area contributed by atoms with Gasteiger partial charge in [-0.25, -0.2) is 0 Å². The largest absolute Gasteiger partial charge is 0.368 e. The first-order valence-electron chi connectivity index (χ1n) is 5.04. The lowest BCUT2D eigenvalue weighted by molar-refractivity contribution is -0.124. The van der Waals surface area contributed by atoms with Crippen molar-refractivity contribution in [2.75, 3.05) is 12.8 Å². The van der Waals surface area contributed by atoms with Gasteiger partial charge in [0.05, 0.1) is 5.54 Å². The summed E-state index contributed by atoms with van der Waals surface area (Å²) in [6.07, 6.45) is 3.84. The van der Waals surface area contributed by atoms with Gasteiger partial charge in [0.1, 0.15) is 0 Å². The molecule has 14 heavy (non-hydrogen) atoms. The molecule has 2 atom stereocenters. The van der Waals surface area contributed by atoms with E-state index in [2.05, 4.69) is 19.2 Å². The van der Waals surface area contributed by atoms with E-state index >= 15 is 0 Å². The number of nitrogens with one attached hydrogen (secondary N) is 1. The van der Waals surface area contributed by atoms with Gasteiger partial charge in [0, 0.05) is 5.25 Å². The zero-order chi connectivity index (χ0) is 11.2. The highest BCUT2D eigenvalue weighted by atomic mass is 32.2. The monoisotopic (exact) mass is 218 g/mol. The smallest absolute Gasteiger partial charge is 0.237 e. The molecular formula is C10H22N2OS. The van der Waals surface area contributed by atoms with E-state index in [9.17, 15) is 4.79 Å². The van der Waals surface area contributed by atoms with Crippen LogP contribution < -0.4 is 11.1 Å². The van der Waals surface area contributed by atoms with Crippen molar-refractivity contribution < 1.29 is 4.79 Å². The molecule has 2 unspecified atom stereocenters. The van der Waals surface area contributed by atoms with Gasteiger partial charge in [-0.05, 0) is 32.6 Å².